The Balaban J connectivity index is 1.67. The standard InChI is InChI=1S/C25H38F4O/c1-3-5-6-8-18-9-11-19(12-10-18)22-15-16-23(25(28,29)24(22,26)27)20-13-14-21(7-4-2)30-17-20/h15-16,18-21H,3-14,17H2,1-2H3. The van der Waals surface area contributed by atoms with Crippen molar-refractivity contribution in [2.45, 2.75) is 109 Å². The number of ether oxygens (including phenoxy) is 1. The molecule has 2 atom stereocenters. The molecule has 3 rings (SSSR count). The average molecular weight is 431 g/mol. The fourth-order valence-electron chi connectivity index (χ4n) is 5.58. The molecule has 0 aromatic carbocycles. The molecule has 1 aliphatic heterocycles. The van der Waals surface area contributed by atoms with Gasteiger partial charge in [0.15, 0.2) is 0 Å². The zero-order chi connectivity index (χ0) is 21.8. The molecule has 2 fully saturated rings. The summed E-state index contributed by atoms with van der Waals surface area (Å²) >= 11 is 0. The Morgan fingerprint density at radius 1 is 0.767 bits per heavy atom. The van der Waals surface area contributed by atoms with Gasteiger partial charge in [-0.3, -0.25) is 0 Å². The van der Waals surface area contributed by atoms with Gasteiger partial charge in [0, 0.05) is 17.1 Å². The van der Waals surface area contributed by atoms with Crippen molar-refractivity contribution in [2.24, 2.45) is 17.8 Å². The van der Waals surface area contributed by atoms with Gasteiger partial charge >= 0.3 is 11.8 Å². The van der Waals surface area contributed by atoms with Crippen molar-refractivity contribution in [3.05, 3.63) is 23.3 Å². The van der Waals surface area contributed by atoms with Crippen molar-refractivity contribution in [3.8, 4) is 0 Å². The first-order valence-electron chi connectivity index (χ1n) is 12.1. The van der Waals surface area contributed by atoms with Crippen molar-refractivity contribution in [1.82, 2.24) is 0 Å². The smallest absolute Gasteiger partial charge is 0.336 e. The number of rotatable bonds is 8. The molecule has 2 aliphatic carbocycles. The summed E-state index contributed by atoms with van der Waals surface area (Å²) in [6.07, 6.45) is 13.4. The molecule has 0 spiro atoms. The molecule has 0 N–H and O–H groups in total. The van der Waals surface area contributed by atoms with Crippen LogP contribution < -0.4 is 0 Å². The molecule has 0 aromatic heterocycles. The van der Waals surface area contributed by atoms with Crippen LogP contribution in [0.25, 0.3) is 0 Å². The lowest BCUT2D eigenvalue weighted by atomic mass is 9.71. The lowest BCUT2D eigenvalue weighted by Gasteiger charge is -2.41. The molecule has 1 saturated carbocycles. The highest BCUT2D eigenvalue weighted by molar-refractivity contribution is 5.40. The minimum Gasteiger partial charge on any atom is -0.378 e. The van der Waals surface area contributed by atoms with Crippen LogP contribution in [-0.4, -0.2) is 24.6 Å². The van der Waals surface area contributed by atoms with Crippen LogP contribution in [0.1, 0.15) is 90.9 Å². The SMILES string of the molecule is CCCCCC1CCC(C2=CC=C(C3CCC(CCC)OC3)C(F)(F)C2(F)F)CC1. The molecule has 3 aliphatic rings. The van der Waals surface area contributed by atoms with Gasteiger partial charge in [-0.05, 0) is 56.8 Å². The van der Waals surface area contributed by atoms with Crippen LogP contribution in [0.15, 0.2) is 23.3 Å². The molecular formula is C25H38F4O. The summed E-state index contributed by atoms with van der Waals surface area (Å²) in [5.74, 6) is -8.71. The van der Waals surface area contributed by atoms with E-state index in [9.17, 15) is 0 Å². The summed E-state index contributed by atoms with van der Waals surface area (Å²) < 4.78 is 66.0. The largest absolute Gasteiger partial charge is 0.378 e. The monoisotopic (exact) mass is 430 g/mol. The van der Waals surface area contributed by atoms with Crippen LogP contribution in [0, 0.1) is 17.8 Å². The molecule has 0 amide bonds. The maximum atomic E-state index is 15.1. The van der Waals surface area contributed by atoms with Crippen molar-refractivity contribution in [1.29, 1.82) is 0 Å². The van der Waals surface area contributed by atoms with Gasteiger partial charge in [0.1, 0.15) is 0 Å². The Hall–Kier alpha value is -0.840. The van der Waals surface area contributed by atoms with Gasteiger partial charge in [0.25, 0.3) is 0 Å². The van der Waals surface area contributed by atoms with Crippen LogP contribution in [0.2, 0.25) is 0 Å². The lowest BCUT2D eigenvalue weighted by molar-refractivity contribution is -0.176. The van der Waals surface area contributed by atoms with Gasteiger partial charge in [0.05, 0.1) is 12.7 Å². The van der Waals surface area contributed by atoms with Crippen molar-refractivity contribution in [3.63, 3.8) is 0 Å². The molecule has 1 heterocycles. The minimum atomic E-state index is -4.12. The number of hydrogen-bond acceptors (Lipinski definition) is 1. The normalized spacial score (nSPS) is 33.7. The topological polar surface area (TPSA) is 9.23 Å². The summed E-state index contributed by atoms with van der Waals surface area (Å²) in [7, 11) is 0. The average Bonchev–Trinajstić information content (AvgIpc) is 2.72. The highest BCUT2D eigenvalue weighted by Gasteiger charge is 2.64. The fraction of sp³-hybridized carbons (Fsp3) is 0.840. The van der Waals surface area contributed by atoms with Crippen LogP contribution in [0.3, 0.4) is 0 Å². The molecule has 1 nitrogen and oxygen atoms in total. The molecule has 0 radical (unpaired) electrons. The third-order valence-electron chi connectivity index (χ3n) is 7.49. The van der Waals surface area contributed by atoms with E-state index in [4.69, 9.17) is 4.74 Å². The van der Waals surface area contributed by atoms with Crippen molar-refractivity contribution in [2.75, 3.05) is 6.61 Å². The zero-order valence-corrected chi connectivity index (χ0v) is 18.6. The Morgan fingerprint density at radius 2 is 1.37 bits per heavy atom. The molecule has 5 heteroatoms. The second kappa shape index (κ2) is 10.2. The maximum absolute atomic E-state index is 15.1. The Labute approximate surface area is 179 Å². The zero-order valence-electron chi connectivity index (χ0n) is 18.6. The van der Waals surface area contributed by atoms with Crippen molar-refractivity contribution >= 4 is 0 Å². The molecule has 172 valence electrons. The van der Waals surface area contributed by atoms with E-state index < -0.39 is 29.3 Å². The Morgan fingerprint density at radius 3 is 1.90 bits per heavy atom. The van der Waals surface area contributed by atoms with Gasteiger partial charge in [-0.25, -0.2) is 0 Å². The fourth-order valence-corrected chi connectivity index (χ4v) is 5.58. The summed E-state index contributed by atoms with van der Waals surface area (Å²) in [6, 6.07) is 0. The third-order valence-corrected chi connectivity index (χ3v) is 7.49. The molecule has 0 aromatic rings. The van der Waals surface area contributed by atoms with Crippen LogP contribution >= 0.6 is 0 Å². The van der Waals surface area contributed by atoms with Crippen molar-refractivity contribution < 1.29 is 22.3 Å². The van der Waals surface area contributed by atoms with Crippen LogP contribution in [0.5, 0.6) is 0 Å². The van der Waals surface area contributed by atoms with Gasteiger partial charge in [-0.15, -0.1) is 0 Å². The molecule has 0 bridgehead atoms. The lowest BCUT2D eigenvalue weighted by Crippen LogP contribution is -2.50. The van der Waals surface area contributed by atoms with Gasteiger partial charge in [-0.2, -0.15) is 17.6 Å². The first kappa shape index (κ1) is 23.8. The Bertz CT molecular complexity index is 609. The molecule has 1 saturated heterocycles. The van der Waals surface area contributed by atoms with E-state index in [-0.39, 0.29) is 18.3 Å². The number of unbranched alkanes of at least 4 members (excludes halogenated alkanes) is 2. The summed E-state index contributed by atoms with van der Waals surface area (Å²) in [5.41, 5.74) is -0.775. The highest BCUT2D eigenvalue weighted by atomic mass is 19.3. The van der Waals surface area contributed by atoms with E-state index in [0.717, 1.165) is 32.1 Å². The van der Waals surface area contributed by atoms with Gasteiger partial charge in [-0.1, -0.05) is 58.1 Å². The van der Waals surface area contributed by atoms with Gasteiger partial charge in [0.2, 0.25) is 0 Å². The van der Waals surface area contributed by atoms with Crippen LogP contribution in [-0.2, 0) is 4.74 Å². The first-order valence-corrected chi connectivity index (χ1v) is 12.1. The summed E-state index contributed by atoms with van der Waals surface area (Å²) in [6.45, 7) is 4.34. The van der Waals surface area contributed by atoms with E-state index in [1.165, 1.54) is 31.4 Å². The predicted molar refractivity (Wildman–Crippen MR) is 113 cm³/mol. The third kappa shape index (κ3) is 4.97. The van der Waals surface area contributed by atoms with Crippen LogP contribution in [0.4, 0.5) is 17.6 Å². The number of alkyl halides is 4. The second-order valence-corrected chi connectivity index (χ2v) is 9.62. The van der Waals surface area contributed by atoms with E-state index in [1.54, 1.807) is 0 Å². The predicted octanol–water partition coefficient (Wildman–Crippen LogP) is 8.11. The van der Waals surface area contributed by atoms with E-state index in [0.29, 0.717) is 31.6 Å². The maximum Gasteiger partial charge on any atom is 0.336 e. The number of halogens is 4. The van der Waals surface area contributed by atoms with E-state index in [2.05, 4.69) is 13.8 Å². The summed E-state index contributed by atoms with van der Waals surface area (Å²) in [4.78, 5) is 0. The first-order chi connectivity index (χ1) is 14.3. The number of allylic oxidation sites excluding steroid dienone is 3. The highest BCUT2D eigenvalue weighted by Crippen LogP contribution is 2.54. The minimum absolute atomic E-state index is 0.0724. The van der Waals surface area contributed by atoms with E-state index >= 15 is 17.6 Å². The van der Waals surface area contributed by atoms with E-state index in [1.807, 2.05) is 0 Å². The van der Waals surface area contributed by atoms with Gasteiger partial charge < -0.3 is 4.74 Å². The molecule has 30 heavy (non-hydrogen) atoms. The quantitative estimate of drug-likeness (QED) is 0.279. The Kier molecular flexibility index (Phi) is 8.09. The second-order valence-electron chi connectivity index (χ2n) is 9.62. The number of hydrogen-bond donors (Lipinski definition) is 0. The molecule has 2 unspecified atom stereocenters. The summed E-state index contributed by atoms with van der Waals surface area (Å²) in [5, 5.41) is 0. The molecular weight excluding hydrogens is 392 g/mol.